The van der Waals surface area contributed by atoms with Gasteiger partial charge in [0.1, 0.15) is 11.7 Å². The Bertz CT molecular complexity index is 1030. The predicted octanol–water partition coefficient (Wildman–Crippen LogP) is 7.11. The van der Waals surface area contributed by atoms with E-state index in [0.717, 1.165) is 56.9 Å². The van der Waals surface area contributed by atoms with Crippen LogP contribution in [0, 0.1) is 40.4 Å². The lowest BCUT2D eigenvalue weighted by Crippen LogP contribution is -2.50. The van der Waals surface area contributed by atoms with Gasteiger partial charge in [0.2, 0.25) is 5.91 Å². The minimum absolute atomic E-state index is 0.0491. The average molecular weight is 526 g/mol. The van der Waals surface area contributed by atoms with Crippen molar-refractivity contribution in [1.82, 2.24) is 5.32 Å². The summed E-state index contributed by atoms with van der Waals surface area (Å²) in [5.74, 6) is 4.26. The maximum Gasteiger partial charge on any atom is 0.302 e. The minimum atomic E-state index is -0.145. The molecule has 9 atom stereocenters. The molecule has 0 aromatic rings. The molecule has 0 bridgehead atoms. The van der Waals surface area contributed by atoms with E-state index in [2.05, 4.69) is 46.0 Å². The largest absolute Gasteiger partial charge is 0.491 e. The van der Waals surface area contributed by atoms with Crippen LogP contribution < -0.4 is 5.32 Å². The van der Waals surface area contributed by atoms with Crippen molar-refractivity contribution in [2.75, 3.05) is 6.54 Å². The molecule has 5 rings (SSSR count). The summed E-state index contributed by atoms with van der Waals surface area (Å²) in [6, 6.07) is 0. The van der Waals surface area contributed by atoms with Crippen molar-refractivity contribution in [3.05, 3.63) is 23.0 Å². The fraction of sp³-hybridized carbons (Fsp3) is 0.818. The van der Waals surface area contributed by atoms with Gasteiger partial charge in [-0.05, 0) is 98.4 Å². The molecule has 5 nitrogen and oxygen atoms in total. The summed E-state index contributed by atoms with van der Waals surface area (Å²) >= 11 is 0. The number of nitrogens with one attached hydrogen (secondary N) is 1. The van der Waals surface area contributed by atoms with Crippen LogP contribution in [0.1, 0.15) is 113 Å². The Hall–Kier alpha value is -1.78. The summed E-state index contributed by atoms with van der Waals surface area (Å²) in [7, 11) is 0. The molecule has 5 aliphatic rings. The lowest BCUT2D eigenvalue weighted by molar-refractivity contribution is -0.148. The number of esters is 1. The van der Waals surface area contributed by atoms with Crippen LogP contribution in [0.3, 0.4) is 0 Å². The van der Waals surface area contributed by atoms with Crippen molar-refractivity contribution in [2.24, 2.45) is 40.4 Å². The van der Waals surface area contributed by atoms with Crippen LogP contribution in [0.5, 0.6) is 0 Å². The van der Waals surface area contributed by atoms with E-state index in [4.69, 9.17) is 9.47 Å². The van der Waals surface area contributed by atoms with E-state index >= 15 is 0 Å². The zero-order valence-electron chi connectivity index (χ0n) is 25.0. The molecule has 0 unspecified atom stereocenters. The molecule has 212 valence electrons. The highest BCUT2D eigenvalue weighted by Crippen LogP contribution is 2.72. The number of amides is 1. The normalized spacial score (nSPS) is 42.2. The van der Waals surface area contributed by atoms with Crippen LogP contribution >= 0.6 is 0 Å². The number of hydrogen-bond donors (Lipinski definition) is 1. The van der Waals surface area contributed by atoms with E-state index in [-0.39, 0.29) is 29.0 Å². The third kappa shape index (κ3) is 4.44. The first kappa shape index (κ1) is 27.8. The van der Waals surface area contributed by atoms with Crippen molar-refractivity contribution >= 4 is 11.9 Å². The molecule has 1 heterocycles. The van der Waals surface area contributed by atoms with Gasteiger partial charge in [-0.2, -0.15) is 0 Å². The van der Waals surface area contributed by atoms with Crippen LogP contribution in [0.2, 0.25) is 0 Å². The molecular formula is C33H51NO4. The van der Waals surface area contributed by atoms with Gasteiger partial charge in [-0.1, -0.05) is 39.3 Å². The molecule has 4 aliphatic carbocycles. The maximum atomic E-state index is 11.6. The minimum Gasteiger partial charge on any atom is -0.491 e. The highest BCUT2D eigenvalue weighted by atomic mass is 16.5. The first-order valence-corrected chi connectivity index (χ1v) is 15.4. The fourth-order valence-corrected chi connectivity index (χ4v) is 10.1. The lowest BCUT2D eigenvalue weighted by Gasteiger charge is -2.58. The Labute approximate surface area is 230 Å². The lowest BCUT2D eigenvalue weighted by atomic mass is 9.47. The van der Waals surface area contributed by atoms with Gasteiger partial charge in [0.25, 0.3) is 0 Å². The van der Waals surface area contributed by atoms with Crippen molar-refractivity contribution in [3.63, 3.8) is 0 Å². The van der Waals surface area contributed by atoms with E-state index in [1.807, 2.05) is 0 Å². The molecule has 0 saturated heterocycles. The number of ether oxygens (including phenoxy) is 2. The molecule has 5 heteroatoms. The van der Waals surface area contributed by atoms with Crippen LogP contribution in [0.4, 0.5) is 0 Å². The third-order valence-electron chi connectivity index (χ3n) is 11.9. The first-order chi connectivity index (χ1) is 17.9. The molecule has 0 aromatic carbocycles. The van der Waals surface area contributed by atoms with E-state index in [1.54, 1.807) is 12.5 Å². The van der Waals surface area contributed by atoms with Gasteiger partial charge in [-0.3, -0.25) is 9.59 Å². The molecule has 3 saturated carbocycles. The number of fused-ring (bicyclic) bond motifs is 7. The molecule has 3 fully saturated rings. The monoisotopic (exact) mass is 525 g/mol. The fourth-order valence-electron chi connectivity index (χ4n) is 10.1. The summed E-state index contributed by atoms with van der Waals surface area (Å²) in [4.78, 5) is 22.9. The first-order valence-electron chi connectivity index (χ1n) is 15.4. The number of rotatable bonds is 7. The van der Waals surface area contributed by atoms with E-state index in [0.29, 0.717) is 23.2 Å². The number of carbonyl (C=O) groups is 2. The molecule has 0 aromatic heterocycles. The highest BCUT2D eigenvalue weighted by Gasteiger charge is 2.68. The van der Waals surface area contributed by atoms with Crippen LogP contribution in [-0.2, 0) is 19.1 Å². The molecule has 1 aliphatic heterocycles. The van der Waals surface area contributed by atoms with Gasteiger partial charge >= 0.3 is 5.97 Å². The van der Waals surface area contributed by atoms with Gasteiger partial charge in [0.05, 0.1) is 5.76 Å². The summed E-state index contributed by atoms with van der Waals surface area (Å²) in [6.45, 7) is 15.9. The van der Waals surface area contributed by atoms with Gasteiger partial charge in [0.15, 0.2) is 0 Å². The molecule has 0 spiro atoms. The molecule has 1 amide bonds. The van der Waals surface area contributed by atoms with Crippen molar-refractivity contribution in [2.45, 2.75) is 124 Å². The van der Waals surface area contributed by atoms with E-state index in [1.165, 1.54) is 43.9 Å². The molecule has 38 heavy (non-hydrogen) atoms. The second kappa shape index (κ2) is 10.0. The zero-order chi connectivity index (χ0) is 27.5. The standard InChI is InChI=1S/C33H51NO4/c1-8-33-18-28-26-11-10-24-17-25(37-23(5)36)13-15-31(24,6)27(26)14-16-32(28,7)30(33)21(3)29(38-33)12-9-20(2)19-34-22(4)35/h10,20,25-28,30H,8-9,11-19H2,1-7H3,(H,34,35)/t20-,25+,26+,27-,28-,30+,31+,32+,33-/m1/s1. The van der Waals surface area contributed by atoms with Crippen LogP contribution in [-0.4, -0.2) is 30.1 Å². The van der Waals surface area contributed by atoms with Crippen molar-refractivity contribution in [3.8, 4) is 0 Å². The van der Waals surface area contributed by atoms with E-state index in [9.17, 15) is 9.59 Å². The quantitative estimate of drug-likeness (QED) is 0.284. The topological polar surface area (TPSA) is 64.6 Å². The van der Waals surface area contributed by atoms with Gasteiger partial charge < -0.3 is 14.8 Å². The third-order valence-corrected chi connectivity index (χ3v) is 11.9. The van der Waals surface area contributed by atoms with Crippen molar-refractivity contribution in [1.29, 1.82) is 0 Å². The number of allylic oxidation sites excluding steroid dienone is 2. The number of carbonyl (C=O) groups excluding carboxylic acids is 2. The Morgan fingerprint density at radius 2 is 1.95 bits per heavy atom. The van der Waals surface area contributed by atoms with Gasteiger partial charge in [-0.15, -0.1) is 0 Å². The Kier molecular flexibility index (Phi) is 7.31. The highest BCUT2D eigenvalue weighted by molar-refractivity contribution is 5.72. The Balaban J connectivity index is 1.35. The molecule has 1 N–H and O–H groups in total. The SMILES string of the molecule is CC[C@@]12C[C@@H]3[C@H]4CC=C5C[C@@H](OC(C)=O)CC[C@]5(C)[C@@H]4CC[C@]3(C)[C@@H]1C(C)=C(CC[C@@H](C)CNC(C)=O)O2. The molecule has 0 radical (unpaired) electrons. The van der Waals surface area contributed by atoms with Crippen LogP contribution in [0.15, 0.2) is 23.0 Å². The van der Waals surface area contributed by atoms with E-state index < -0.39 is 0 Å². The average Bonchev–Trinajstić information content (AvgIpc) is 3.30. The second-order valence-corrected chi connectivity index (χ2v) is 14.1. The van der Waals surface area contributed by atoms with Crippen molar-refractivity contribution < 1.29 is 19.1 Å². The van der Waals surface area contributed by atoms with Crippen LogP contribution in [0.25, 0.3) is 0 Å². The zero-order valence-corrected chi connectivity index (χ0v) is 25.0. The molecular weight excluding hydrogens is 474 g/mol. The maximum absolute atomic E-state index is 11.6. The summed E-state index contributed by atoms with van der Waals surface area (Å²) in [5, 5.41) is 2.97. The second-order valence-electron chi connectivity index (χ2n) is 14.1. The predicted molar refractivity (Wildman–Crippen MR) is 150 cm³/mol. The Morgan fingerprint density at radius 3 is 2.63 bits per heavy atom. The van der Waals surface area contributed by atoms with Gasteiger partial charge in [-0.25, -0.2) is 0 Å². The Morgan fingerprint density at radius 1 is 1.18 bits per heavy atom. The smallest absolute Gasteiger partial charge is 0.302 e. The summed E-state index contributed by atoms with van der Waals surface area (Å²) in [6.07, 6.45) is 13.7. The van der Waals surface area contributed by atoms with Gasteiger partial charge in [0, 0.05) is 39.2 Å². The number of hydrogen-bond acceptors (Lipinski definition) is 4. The summed E-state index contributed by atoms with van der Waals surface area (Å²) in [5.41, 5.74) is 3.57. The summed E-state index contributed by atoms with van der Waals surface area (Å²) < 4.78 is 12.7.